The van der Waals surface area contributed by atoms with Gasteiger partial charge in [0.15, 0.2) is 0 Å². The van der Waals surface area contributed by atoms with Gasteiger partial charge in [0.1, 0.15) is 6.10 Å². The Balaban J connectivity index is 1.51. The molecule has 0 spiro atoms. The summed E-state index contributed by atoms with van der Waals surface area (Å²) in [6.45, 7) is 6.12. The zero-order chi connectivity index (χ0) is 28.9. The molecule has 40 heavy (non-hydrogen) atoms. The largest absolute Gasteiger partial charge is 0.446 e. The Morgan fingerprint density at radius 3 is 2.55 bits per heavy atom. The number of rotatable bonds is 12. The summed E-state index contributed by atoms with van der Waals surface area (Å²) in [5.41, 5.74) is 2.21. The normalized spacial score (nSPS) is 22.3. The van der Waals surface area contributed by atoms with Crippen molar-refractivity contribution in [3.63, 3.8) is 0 Å². The minimum absolute atomic E-state index is 0.00526. The lowest BCUT2D eigenvalue weighted by Gasteiger charge is -2.31. The summed E-state index contributed by atoms with van der Waals surface area (Å²) in [7, 11) is -3.97. The summed E-state index contributed by atoms with van der Waals surface area (Å²) in [4.78, 5) is 13.1. The molecule has 9 nitrogen and oxygen atoms in total. The Morgan fingerprint density at radius 1 is 1.15 bits per heavy atom. The van der Waals surface area contributed by atoms with E-state index >= 15 is 0 Å². The molecule has 0 radical (unpaired) electrons. The van der Waals surface area contributed by atoms with Crippen molar-refractivity contribution in [3.05, 3.63) is 65.2 Å². The van der Waals surface area contributed by atoms with Crippen LogP contribution in [0.5, 0.6) is 0 Å². The lowest BCUT2D eigenvalue weighted by Crippen LogP contribution is -2.51. The van der Waals surface area contributed by atoms with Crippen LogP contribution in [-0.4, -0.2) is 73.1 Å². The van der Waals surface area contributed by atoms with Gasteiger partial charge in [-0.25, -0.2) is 13.2 Å². The molecule has 2 aromatic carbocycles. The van der Waals surface area contributed by atoms with Gasteiger partial charge in [-0.15, -0.1) is 0 Å². The third kappa shape index (κ3) is 7.61. The first-order valence-electron chi connectivity index (χ1n) is 14.1. The molecule has 1 amide bonds. The number of carbonyl (C=O) groups is 1. The average molecular weight is 575 g/mol. The number of fused-ring (bicyclic) bond motifs is 1. The molecule has 1 aliphatic heterocycles. The lowest BCUT2D eigenvalue weighted by molar-refractivity contribution is 0.0554. The maximum atomic E-state index is 13.7. The van der Waals surface area contributed by atoms with Crippen LogP contribution in [0.3, 0.4) is 0 Å². The quantitative estimate of drug-likeness (QED) is 0.355. The molecular weight excluding hydrogens is 532 g/mol. The number of nitrogens with zero attached hydrogens (tertiary/aromatic N) is 1. The first kappa shape index (κ1) is 30.5. The van der Waals surface area contributed by atoms with Gasteiger partial charge in [-0.3, -0.25) is 0 Å². The van der Waals surface area contributed by atoms with Gasteiger partial charge in [0, 0.05) is 26.1 Å². The molecular formula is C30H42N2O7S. The summed E-state index contributed by atoms with van der Waals surface area (Å²) in [5, 5.41) is 23.7. The second-order valence-electron chi connectivity index (χ2n) is 11.4. The molecule has 1 saturated heterocycles. The molecule has 1 saturated carbocycles. The number of nitrogens with one attached hydrogen (secondary N) is 1. The summed E-state index contributed by atoms with van der Waals surface area (Å²) in [6, 6.07) is 13.3. The number of carbonyl (C=O) groups excluding carboxylic acids is 1. The van der Waals surface area contributed by atoms with E-state index in [9.17, 15) is 23.4 Å². The highest BCUT2D eigenvalue weighted by molar-refractivity contribution is 7.89. The summed E-state index contributed by atoms with van der Waals surface area (Å²) in [5.74, 6) is 0.405. The minimum atomic E-state index is -3.97. The molecule has 1 unspecified atom stereocenters. The fourth-order valence-corrected chi connectivity index (χ4v) is 7.38. The number of alkyl carbamates (subject to hydrolysis) is 1. The van der Waals surface area contributed by atoms with E-state index in [4.69, 9.17) is 9.47 Å². The number of aryl methyl sites for hydroxylation is 1. The van der Waals surface area contributed by atoms with Gasteiger partial charge < -0.3 is 25.0 Å². The number of benzene rings is 2. The fourth-order valence-electron chi connectivity index (χ4n) is 5.67. The highest BCUT2D eigenvalue weighted by atomic mass is 32.2. The molecule has 2 aromatic rings. The predicted molar refractivity (Wildman–Crippen MR) is 151 cm³/mol. The molecule has 1 heterocycles. The minimum Gasteiger partial charge on any atom is -0.446 e. The number of aliphatic hydroxyl groups is 2. The van der Waals surface area contributed by atoms with E-state index in [0.717, 1.165) is 25.0 Å². The van der Waals surface area contributed by atoms with Crippen molar-refractivity contribution in [2.45, 2.75) is 82.3 Å². The van der Waals surface area contributed by atoms with Gasteiger partial charge in [-0.1, -0.05) is 50.2 Å². The smallest absolute Gasteiger partial charge is 0.407 e. The molecule has 4 rings (SSSR count). The molecule has 1 aliphatic carbocycles. The Kier molecular flexibility index (Phi) is 10.2. The zero-order valence-corrected chi connectivity index (χ0v) is 24.3. The van der Waals surface area contributed by atoms with Gasteiger partial charge in [-0.2, -0.15) is 4.31 Å². The molecule has 5 atom stereocenters. The number of aliphatic hydroxyl groups excluding tert-OH is 2. The van der Waals surface area contributed by atoms with Crippen molar-refractivity contribution >= 4 is 16.1 Å². The highest BCUT2D eigenvalue weighted by Gasteiger charge is 2.40. The molecule has 0 bridgehead atoms. The zero-order valence-electron chi connectivity index (χ0n) is 23.5. The SMILES string of the molecule is Cc1cc(S(=O)(=O)N(CC(C)C)C[C@@H](O)[C@H](Cc2ccccc2)NC(=O)O[C@@H]2CC3CCO[C@@H]3C2)ccc1CO. The topological polar surface area (TPSA) is 125 Å². The maximum Gasteiger partial charge on any atom is 0.407 e. The molecule has 0 aromatic heterocycles. The number of ether oxygens (including phenoxy) is 2. The van der Waals surface area contributed by atoms with E-state index in [-0.39, 0.29) is 42.7 Å². The van der Waals surface area contributed by atoms with Crippen molar-refractivity contribution in [3.8, 4) is 0 Å². The van der Waals surface area contributed by atoms with Crippen LogP contribution >= 0.6 is 0 Å². The van der Waals surface area contributed by atoms with Crippen LogP contribution in [0.2, 0.25) is 0 Å². The predicted octanol–water partition coefficient (Wildman–Crippen LogP) is 3.40. The first-order valence-corrected chi connectivity index (χ1v) is 15.5. The Bertz CT molecular complexity index is 1230. The maximum absolute atomic E-state index is 13.7. The molecule has 220 valence electrons. The number of amides is 1. The van der Waals surface area contributed by atoms with Gasteiger partial charge in [0.2, 0.25) is 10.0 Å². The Hall–Kier alpha value is -2.50. The standard InChI is InChI=1S/C30H42N2O7S/c1-20(2)17-32(40(36,37)26-10-9-24(19-33)21(3)13-26)18-28(34)27(14-22-7-5-4-6-8-22)31-30(35)39-25-15-23-11-12-38-29(23)16-25/h4-10,13,20,23,25,27-29,33-34H,11-12,14-19H2,1-3H3,(H,31,35)/t23?,25-,27+,28-,29-/m1/s1. The second-order valence-corrected chi connectivity index (χ2v) is 13.4. The van der Waals surface area contributed by atoms with Crippen molar-refractivity contribution in [2.75, 3.05) is 19.7 Å². The van der Waals surface area contributed by atoms with E-state index in [1.54, 1.807) is 19.1 Å². The van der Waals surface area contributed by atoms with E-state index < -0.39 is 28.3 Å². The van der Waals surface area contributed by atoms with E-state index in [1.165, 1.54) is 10.4 Å². The molecule has 3 N–H and O–H groups in total. The van der Waals surface area contributed by atoms with Gasteiger partial charge in [-0.05, 0) is 66.8 Å². The Morgan fingerprint density at radius 2 is 1.90 bits per heavy atom. The van der Waals surface area contributed by atoms with Crippen molar-refractivity contribution in [1.82, 2.24) is 9.62 Å². The van der Waals surface area contributed by atoms with Crippen molar-refractivity contribution in [2.24, 2.45) is 11.8 Å². The fraction of sp³-hybridized carbons (Fsp3) is 0.567. The number of sulfonamides is 1. The third-order valence-corrected chi connectivity index (χ3v) is 9.66. The molecule has 10 heteroatoms. The van der Waals surface area contributed by atoms with E-state index in [0.29, 0.717) is 29.9 Å². The van der Waals surface area contributed by atoms with Gasteiger partial charge in [0.25, 0.3) is 0 Å². The van der Waals surface area contributed by atoms with Crippen LogP contribution in [-0.2, 0) is 32.5 Å². The van der Waals surface area contributed by atoms with Crippen LogP contribution in [0.15, 0.2) is 53.4 Å². The van der Waals surface area contributed by atoms with E-state index in [1.807, 2.05) is 44.2 Å². The Labute approximate surface area is 237 Å². The summed E-state index contributed by atoms with van der Waals surface area (Å²) < 4.78 is 40.1. The summed E-state index contributed by atoms with van der Waals surface area (Å²) >= 11 is 0. The molecule has 2 aliphatic rings. The highest BCUT2D eigenvalue weighted by Crippen LogP contribution is 2.37. The number of hydrogen-bond acceptors (Lipinski definition) is 7. The third-order valence-electron chi connectivity index (χ3n) is 7.83. The van der Waals surface area contributed by atoms with Crippen LogP contribution < -0.4 is 5.32 Å². The summed E-state index contributed by atoms with van der Waals surface area (Å²) in [6.07, 6.45) is 0.766. The number of hydrogen-bond donors (Lipinski definition) is 3. The lowest BCUT2D eigenvalue weighted by atomic mass is 10.0. The first-order chi connectivity index (χ1) is 19.1. The van der Waals surface area contributed by atoms with E-state index in [2.05, 4.69) is 5.32 Å². The van der Waals surface area contributed by atoms with Gasteiger partial charge >= 0.3 is 6.09 Å². The van der Waals surface area contributed by atoms with Crippen molar-refractivity contribution in [1.29, 1.82) is 0 Å². The van der Waals surface area contributed by atoms with Crippen LogP contribution in [0.4, 0.5) is 4.79 Å². The molecule has 2 fully saturated rings. The van der Waals surface area contributed by atoms with Crippen LogP contribution in [0, 0.1) is 18.8 Å². The van der Waals surface area contributed by atoms with Crippen LogP contribution in [0.1, 0.15) is 49.8 Å². The van der Waals surface area contributed by atoms with Crippen LogP contribution in [0.25, 0.3) is 0 Å². The second kappa shape index (κ2) is 13.4. The van der Waals surface area contributed by atoms with Crippen molar-refractivity contribution < 1.29 is 32.9 Å². The van der Waals surface area contributed by atoms with Gasteiger partial charge in [0.05, 0.1) is 29.8 Å². The average Bonchev–Trinajstić information content (AvgIpc) is 3.50. The monoisotopic (exact) mass is 574 g/mol.